The number of nitrogens with zero attached hydrogens (tertiary/aromatic N) is 1. The SMILES string of the molecule is Cc1cc(NC2CCN(C(=O)OC(C)(C)C)CC2)ccc1I. The summed E-state index contributed by atoms with van der Waals surface area (Å²) in [5.74, 6) is 0. The Morgan fingerprint density at radius 2 is 1.95 bits per heavy atom. The van der Waals surface area contributed by atoms with E-state index in [1.807, 2.05) is 25.7 Å². The van der Waals surface area contributed by atoms with E-state index in [2.05, 4.69) is 53.0 Å². The lowest BCUT2D eigenvalue weighted by Crippen LogP contribution is -2.44. The van der Waals surface area contributed by atoms with E-state index >= 15 is 0 Å². The molecule has 1 aliphatic heterocycles. The molecule has 1 aliphatic rings. The number of aryl methyl sites for hydroxylation is 1. The van der Waals surface area contributed by atoms with Crippen molar-refractivity contribution < 1.29 is 9.53 Å². The molecular weight excluding hydrogens is 391 g/mol. The minimum absolute atomic E-state index is 0.198. The molecule has 0 aliphatic carbocycles. The molecule has 1 heterocycles. The molecule has 1 N–H and O–H groups in total. The summed E-state index contributed by atoms with van der Waals surface area (Å²) in [5.41, 5.74) is 2.02. The quantitative estimate of drug-likeness (QED) is 0.727. The van der Waals surface area contributed by atoms with E-state index in [0.717, 1.165) is 31.6 Å². The Morgan fingerprint density at radius 1 is 1.32 bits per heavy atom. The van der Waals surface area contributed by atoms with Gasteiger partial charge in [-0.1, -0.05) is 0 Å². The maximum Gasteiger partial charge on any atom is 0.410 e. The first kappa shape index (κ1) is 17.4. The highest BCUT2D eigenvalue weighted by molar-refractivity contribution is 14.1. The van der Waals surface area contributed by atoms with Crippen molar-refractivity contribution in [1.29, 1.82) is 0 Å². The Morgan fingerprint density at radius 3 is 2.50 bits per heavy atom. The van der Waals surface area contributed by atoms with Gasteiger partial charge < -0.3 is 15.0 Å². The Hall–Kier alpha value is -0.980. The molecule has 1 amide bonds. The number of benzene rings is 1. The summed E-state index contributed by atoms with van der Waals surface area (Å²) in [6.45, 7) is 9.32. The lowest BCUT2D eigenvalue weighted by atomic mass is 10.0. The molecule has 122 valence electrons. The van der Waals surface area contributed by atoms with Crippen molar-refractivity contribution in [3.63, 3.8) is 0 Å². The number of likely N-dealkylation sites (tertiary alicyclic amines) is 1. The zero-order valence-electron chi connectivity index (χ0n) is 13.8. The third kappa shape index (κ3) is 5.04. The highest BCUT2D eigenvalue weighted by atomic mass is 127. The minimum atomic E-state index is -0.426. The third-order valence-electron chi connectivity index (χ3n) is 3.68. The van der Waals surface area contributed by atoms with Gasteiger partial charge >= 0.3 is 6.09 Å². The van der Waals surface area contributed by atoms with Crippen molar-refractivity contribution in [1.82, 2.24) is 4.90 Å². The van der Waals surface area contributed by atoms with Crippen molar-refractivity contribution in [3.8, 4) is 0 Å². The fourth-order valence-corrected chi connectivity index (χ4v) is 2.84. The summed E-state index contributed by atoms with van der Waals surface area (Å²) in [5, 5.41) is 3.57. The fourth-order valence-electron chi connectivity index (χ4n) is 2.50. The third-order valence-corrected chi connectivity index (χ3v) is 4.89. The van der Waals surface area contributed by atoms with Crippen LogP contribution in [0.15, 0.2) is 18.2 Å². The molecule has 2 rings (SSSR count). The van der Waals surface area contributed by atoms with E-state index < -0.39 is 5.60 Å². The number of ether oxygens (including phenoxy) is 1. The summed E-state index contributed by atoms with van der Waals surface area (Å²) in [6.07, 6.45) is 1.70. The lowest BCUT2D eigenvalue weighted by Gasteiger charge is -2.34. The van der Waals surface area contributed by atoms with Gasteiger partial charge in [-0.25, -0.2) is 4.79 Å². The van der Waals surface area contributed by atoms with E-state index in [1.165, 1.54) is 9.13 Å². The van der Waals surface area contributed by atoms with E-state index in [0.29, 0.717) is 6.04 Å². The molecule has 0 aromatic heterocycles. The van der Waals surface area contributed by atoms with Crippen LogP contribution >= 0.6 is 22.6 Å². The largest absolute Gasteiger partial charge is 0.444 e. The summed E-state index contributed by atoms with van der Waals surface area (Å²) < 4.78 is 6.71. The smallest absolute Gasteiger partial charge is 0.410 e. The number of nitrogens with one attached hydrogen (secondary N) is 1. The van der Waals surface area contributed by atoms with Crippen LogP contribution in [0.2, 0.25) is 0 Å². The molecule has 1 fully saturated rings. The summed E-state index contributed by atoms with van der Waals surface area (Å²) >= 11 is 2.35. The number of amides is 1. The van der Waals surface area contributed by atoms with Crippen LogP contribution in [-0.2, 0) is 4.74 Å². The molecular formula is C17H25IN2O2. The molecule has 1 aromatic rings. The van der Waals surface area contributed by atoms with Crippen LogP contribution in [0.5, 0.6) is 0 Å². The van der Waals surface area contributed by atoms with Crippen molar-refractivity contribution in [2.24, 2.45) is 0 Å². The average Bonchev–Trinajstić information content (AvgIpc) is 2.42. The van der Waals surface area contributed by atoms with Crippen molar-refractivity contribution in [3.05, 3.63) is 27.3 Å². The molecule has 0 unspecified atom stereocenters. The van der Waals surface area contributed by atoms with Crippen LogP contribution in [0.3, 0.4) is 0 Å². The van der Waals surface area contributed by atoms with Gasteiger partial charge in [-0.05, 0) is 86.9 Å². The van der Waals surface area contributed by atoms with E-state index in [4.69, 9.17) is 4.74 Å². The van der Waals surface area contributed by atoms with Gasteiger partial charge in [0.2, 0.25) is 0 Å². The molecule has 0 spiro atoms. The number of hydrogen-bond donors (Lipinski definition) is 1. The monoisotopic (exact) mass is 416 g/mol. The van der Waals surface area contributed by atoms with Gasteiger partial charge in [0.05, 0.1) is 0 Å². The van der Waals surface area contributed by atoms with Crippen molar-refractivity contribution in [2.45, 2.75) is 52.2 Å². The molecule has 4 nitrogen and oxygen atoms in total. The number of halogens is 1. The maximum absolute atomic E-state index is 12.0. The van der Waals surface area contributed by atoms with Gasteiger partial charge in [0, 0.05) is 28.4 Å². The standard InChI is InChI=1S/C17H25IN2O2/c1-12-11-14(5-6-15(12)18)19-13-7-9-20(10-8-13)16(21)22-17(2,3)4/h5-6,11,13,19H,7-10H2,1-4H3. The molecule has 0 radical (unpaired) electrons. The Balaban J connectivity index is 1.84. The Kier molecular flexibility index (Phi) is 5.58. The van der Waals surface area contributed by atoms with E-state index in [-0.39, 0.29) is 6.09 Å². The van der Waals surface area contributed by atoms with Crippen LogP contribution in [0.4, 0.5) is 10.5 Å². The number of rotatable bonds is 2. The van der Waals surface area contributed by atoms with Crippen LogP contribution < -0.4 is 5.32 Å². The van der Waals surface area contributed by atoms with Crippen LogP contribution in [0, 0.1) is 10.5 Å². The fraction of sp³-hybridized carbons (Fsp3) is 0.588. The molecule has 1 saturated heterocycles. The van der Waals surface area contributed by atoms with Crippen LogP contribution in [-0.4, -0.2) is 35.7 Å². The van der Waals surface area contributed by atoms with Gasteiger partial charge in [0.25, 0.3) is 0 Å². The second-order valence-corrected chi connectivity index (χ2v) is 8.01. The molecule has 0 saturated carbocycles. The number of carbonyl (C=O) groups is 1. The zero-order chi connectivity index (χ0) is 16.3. The second kappa shape index (κ2) is 7.06. The normalized spacial score (nSPS) is 16.5. The first-order valence-corrected chi connectivity index (χ1v) is 8.83. The van der Waals surface area contributed by atoms with Crippen molar-refractivity contribution >= 4 is 34.4 Å². The van der Waals surface area contributed by atoms with E-state index in [9.17, 15) is 4.79 Å². The Bertz CT molecular complexity index is 532. The van der Waals surface area contributed by atoms with Crippen LogP contribution in [0.25, 0.3) is 0 Å². The number of piperidine rings is 1. The topological polar surface area (TPSA) is 41.6 Å². The predicted octanol–water partition coefficient (Wildman–Crippen LogP) is 4.41. The Labute approximate surface area is 146 Å². The number of hydrogen-bond acceptors (Lipinski definition) is 3. The summed E-state index contributed by atoms with van der Waals surface area (Å²) in [6, 6.07) is 6.85. The zero-order valence-corrected chi connectivity index (χ0v) is 15.9. The van der Waals surface area contributed by atoms with Gasteiger partial charge in [0.1, 0.15) is 5.60 Å². The minimum Gasteiger partial charge on any atom is -0.444 e. The molecule has 5 heteroatoms. The molecule has 0 atom stereocenters. The highest BCUT2D eigenvalue weighted by Gasteiger charge is 2.26. The van der Waals surface area contributed by atoms with E-state index in [1.54, 1.807) is 0 Å². The molecule has 1 aromatic carbocycles. The second-order valence-electron chi connectivity index (χ2n) is 6.85. The first-order valence-electron chi connectivity index (χ1n) is 7.75. The summed E-state index contributed by atoms with van der Waals surface area (Å²) in [4.78, 5) is 13.9. The lowest BCUT2D eigenvalue weighted by molar-refractivity contribution is 0.0210. The molecule has 22 heavy (non-hydrogen) atoms. The van der Waals surface area contributed by atoms with Gasteiger partial charge in [0.15, 0.2) is 0 Å². The maximum atomic E-state index is 12.0. The van der Waals surface area contributed by atoms with Gasteiger partial charge in [-0.2, -0.15) is 0 Å². The van der Waals surface area contributed by atoms with Gasteiger partial charge in [-0.3, -0.25) is 0 Å². The van der Waals surface area contributed by atoms with Gasteiger partial charge in [-0.15, -0.1) is 0 Å². The van der Waals surface area contributed by atoms with Crippen LogP contribution in [0.1, 0.15) is 39.2 Å². The first-order chi connectivity index (χ1) is 10.2. The average molecular weight is 416 g/mol. The summed E-state index contributed by atoms with van der Waals surface area (Å²) in [7, 11) is 0. The predicted molar refractivity (Wildman–Crippen MR) is 98.3 cm³/mol. The highest BCUT2D eigenvalue weighted by Crippen LogP contribution is 2.21. The molecule has 0 bridgehead atoms. The number of carbonyl (C=O) groups excluding carboxylic acids is 1. The number of anilines is 1. The van der Waals surface area contributed by atoms with Crippen molar-refractivity contribution in [2.75, 3.05) is 18.4 Å².